The van der Waals surface area contributed by atoms with Crippen LogP contribution in [-0.2, 0) is 19.4 Å². The van der Waals surface area contributed by atoms with Crippen molar-refractivity contribution >= 4 is 15.8 Å². The summed E-state index contributed by atoms with van der Waals surface area (Å²) in [6.45, 7) is 3.16. The lowest BCUT2D eigenvalue weighted by atomic mass is 10.1. The molecule has 1 atom stereocenters. The molecule has 0 radical (unpaired) electrons. The van der Waals surface area contributed by atoms with Gasteiger partial charge in [0.1, 0.15) is 6.04 Å². The minimum atomic E-state index is -2.93. The van der Waals surface area contributed by atoms with Crippen molar-refractivity contribution in [2.75, 3.05) is 31.7 Å². The summed E-state index contributed by atoms with van der Waals surface area (Å²) in [6.07, 6.45) is 3.30. The Morgan fingerprint density at radius 1 is 1.33 bits per heavy atom. The number of methoxy groups -OCH3 is 1. The fourth-order valence-corrected chi connectivity index (χ4v) is 3.54. The van der Waals surface area contributed by atoms with Gasteiger partial charge in [-0.3, -0.25) is 9.69 Å². The quantitative estimate of drug-likeness (QED) is 0.697. The Kier molecular flexibility index (Phi) is 6.08. The Bertz CT molecular complexity index is 366. The second-order valence-electron chi connectivity index (χ2n) is 4.72. The molecule has 106 valence electrons. The molecule has 0 amide bonds. The summed E-state index contributed by atoms with van der Waals surface area (Å²) in [5.41, 5.74) is 0. The van der Waals surface area contributed by atoms with Gasteiger partial charge < -0.3 is 4.74 Å². The zero-order valence-corrected chi connectivity index (χ0v) is 12.0. The van der Waals surface area contributed by atoms with E-state index < -0.39 is 9.84 Å². The molecule has 1 aliphatic rings. The van der Waals surface area contributed by atoms with Crippen LogP contribution in [0.2, 0.25) is 0 Å². The number of hydrogen-bond donors (Lipinski definition) is 0. The number of unbranched alkanes of at least 4 members (excludes halogenated alkanes) is 1. The maximum Gasteiger partial charge on any atom is 0.323 e. The van der Waals surface area contributed by atoms with Gasteiger partial charge in [0.25, 0.3) is 0 Å². The maximum absolute atomic E-state index is 11.8. The number of esters is 1. The van der Waals surface area contributed by atoms with Gasteiger partial charge in [-0.2, -0.15) is 0 Å². The number of carbonyl (C=O) groups excluding carboxylic acids is 1. The van der Waals surface area contributed by atoms with E-state index in [0.717, 1.165) is 19.3 Å². The molecule has 1 rings (SSSR count). The SMILES string of the molecule is CCCCC(C(=O)OC)N1CCCS(=O)(=O)CC1. The lowest BCUT2D eigenvalue weighted by Gasteiger charge is -2.27. The van der Waals surface area contributed by atoms with Crippen molar-refractivity contribution in [2.24, 2.45) is 0 Å². The van der Waals surface area contributed by atoms with Gasteiger partial charge in [0.15, 0.2) is 9.84 Å². The molecule has 1 heterocycles. The Labute approximate surface area is 109 Å². The molecule has 1 unspecified atom stereocenters. The van der Waals surface area contributed by atoms with Crippen molar-refractivity contribution < 1.29 is 17.9 Å². The van der Waals surface area contributed by atoms with Gasteiger partial charge in [-0.05, 0) is 19.4 Å². The summed E-state index contributed by atoms with van der Waals surface area (Å²) in [7, 11) is -1.55. The lowest BCUT2D eigenvalue weighted by molar-refractivity contribution is -0.147. The highest BCUT2D eigenvalue weighted by Gasteiger charge is 2.29. The number of carbonyl (C=O) groups is 1. The van der Waals surface area contributed by atoms with Gasteiger partial charge in [-0.1, -0.05) is 19.8 Å². The average Bonchev–Trinajstić information content (AvgIpc) is 2.51. The lowest BCUT2D eigenvalue weighted by Crippen LogP contribution is -2.43. The third-order valence-electron chi connectivity index (χ3n) is 3.34. The van der Waals surface area contributed by atoms with Crippen LogP contribution in [0.1, 0.15) is 32.6 Å². The van der Waals surface area contributed by atoms with E-state index in [2.05, 4.69) is 6.92 Å². The molecule has 0 aromatic carbocycles. The Balaban J connectivity index is 2.69. The van der Waals surface area contributed by atoms with Gasteiger partial charge in [-0.25, -0.2) is 8.42 Å². The average molecular weight is 277 g/mol. The van der Waals surface area contributed by atoms with Gasteiger partial charge in [0, 0.05) is 6.54 Å². The third kappa shape index (κ3) is 4.57. The highest BCUT2D eigenvalue weighted by molar-refractivity contribution is 7.91. The summed E-state index contributed by atoms with van der Waals surface area (Å²) in [6, 6.07) is -0.289. The van der Waals surface area contributed by atoms with Crippen LogP contribution in [0.25, 0.3) is 0 Å². The minimum absolute atomic E-state index is 0.145. The van der Waals surface area contributed by atoms with Gasteiger partial charge in [0.05, 0.1) is 18.6 Å². The highest BCUT2D eigenvalue weighted by atomic mass is 32.2. The van der Waals surface area contributed by atoms with E-state index in [9.17, 15) is 13.2 Å². The van der Waals surface area contributed by atoms with Crippen molar-refractivity contribution in [3.63, 3.8) is 0 Å². The number of sulfone groups is 1. The first-order chi connectivity index (χ1) is 8.50. The first kappa shape index (κ1) is 15.4. The third-order valence-corrected chi connectivity index (χ3v) is 5.05. The molecule has 6 heteroatoms. The zero-order chi connectivity index (χ0) is 13.6. The van der Waals surface area contributed by atoms with Crippen LogP contribution in [0.15, 0.2) is 0 Å². The molecule has 18 heavy (non-hydrogen) atoms. The first-order valence-corrected chi connectivity index (χ1v) is 8.34. The largest absolute Gasteiger partial charge is 0.468 e. The van der Waals surface area contributed by atoms with E-state index in [0.29, 0.717) is 19.5 Å². The molecule has 0 aromatic rings. The number of hydrogen-bond acceptors (Lipinski definition) is 5. The fourth-order valence-electron chi connectivity index (χ4n) is 2.25. The van der Waals surface area contributed by atoms with Crippen LogP contribution < -0.4 is 0 Å². The minimum Gasteiger partial charge on any atom is -0.468 e. The Morgan fingerprint density at radius 2 is 2.06 bits per heavy atom. The van der Waals surface area contributed by atoms with Gasteiger partial charge in [-0.15, -0.1) is 0 Å². The van der Waals surface area contributed by atoms with Crippen molar-refractivity contribution in [1.29, 1.82) is 0 Å². The smallest absolute Gasteiger partial charge is 0.323 e. The van der Waals surface area contributed by atoms with Crippen molar-refractivity contribution in [3.05, 3.63) is 0 Å². The fraction of sp³-hybridized carbons (Fsp3) is 0.917. The van der Waals surface area contributed by atoms with E-state index in [4.69, 9.17) is 4.74 Å². The number of ether oxygens (including phenoxy) is 1. The number of nitrogens with zero attached hydrogens (tertiary/aromatic N) is 1. The molecule has 1 fully saturated rings. The Hall–Kier alpha value is -0.620. The zero-order valence-electron chi connectivity index (χ0n) is 11.2. The maximum atomic E-state index is 11.8. The molecular formula is C12H23NO4S. The molecule has 1 saturated heterocycles. The summed E-state index contributed by atoms with van der Waals surface area (Å²) in [5, 5.41) is 0. The Morgan fingerprint density at radius 3 is 2.67 bits per heavy atom. The van der Waals surface area contributed by atoms with Crippen LogP contribution in [0.5, 0.6) is 0 Å². The van der Waals surface area contributed by atoms with Crippen LogP contribution in [0, 0.1) is 0 Å². The summed E-state index contributed by atoms with van der Waals surface area (Å²) in [4.78, 5) is 13.7. The molecule has 0 N–H and O–H groups in total. The highest BCUT2D eigenvalue weighted by Crippen LogP contribution is 2.14. The molecule has 0 aromatic heterocycles. The van der Waals surface area contributed by atoms with E-state index in [-0.39, 0.29) is 23.5 Å². The topological polar surface area (TPSA) is 63.7 Å². The van der Waals surface area contributed by atoms with Gasteiger partial charge in [0.2, 0.25) is 0 Å². The monoisotopic (exact) mass is 277 g/mol. The van der Waals surface area contributed by atoms with Crippen molar-refractivity contribution in [2.45, 2.75) is 38.6 Å². The summed E-state index contributed by atoms with van der Waals surface area (Å²) in [5.74, 6) is 0.125. The normalized spacial score (nSPS) is 22.1. The van der Waals surface area contributed by atoms with Gasteiger partial charge >= 0.3 is 5.97 Å². The molecule has 0 bridgehead atoms. The molecular weight excluding hydrogens is 254 g/mol. The van der Waals surface area contributed by atoms with E-state index in [1.165, 1.54) is 7.11 Å². The molecule has 0 aliphatic carbocycles. The molecule has 5 nitrogen and oxygen atoms in total. The molecule has 1 aliphatic heterocycles. The van der Waals surface area contributed by atoms with Crippen molar-refractivity contribution in [1.82, 2.24) is 4.90 Å². The second kappa shape index (κ2) is 7.09. The van der Waals surface area contributed by atoms with Crippen LogP contribution in [0.4, 0.5) is 0 Å². The molecule has 0 saturated carbocycles. The van der Waals surface area contributed by atoms with Crippen LogP contribution >= 0.6 is 0 Å². The number of rotatable bonds is 5. The first-order valence-electron chi connectivity index (χ1n) is 6.52. The van der Waals surface area contributed by atoms with Crippen LogP contribution in [-0.4, -0.2) is 57.0 Å². The summed E-state index contributed by atoms with van der Waals surface area (Å²) < 4.78 is 27.9. The summed E-state index contributed by atoms with van der Waals surface area (Å²) >= 11 is 0. The van der Waals surface area contributed by atoms with Crippen LogP contribution in [0.3, 0.4) is 0 Å². The van der Waals surface area contributed by atoms with E-state index in [1.807, 2.05) is 4.90 Å². The van der Waals surface area contributed by atoms with Crippen molar-refractivity contribution in [3.8, 4) is 0 Å². The molecule has 0 spiro atoms. The standard InChI is InChI=1S/C12H23NO4S/c1-3-4-6-11(12(14)17-2)13-7-5-9-18(15,16)10-8-13/h11H,3-10H2,1-2H3. The second-order valence-corrected chi connectivity index (χ2v) is 7.03. The predicted octanol–water partition coefficient (Wildman–Crippen LogP) is 0.839. The van der Waals surface area contributed by atoms with E-state index in [1.54, 1.807) is 0 Å². The van der Waals surface area contributed by atoms with E-state index >= 15 is 0 Å². The predicted molar refractivity (Wildman–Crippen MR) is 70.2 cm³/mol.